The Bertz CT molecular complexity index is 992. The lowest BCUT2D eigenvalue weighted by Gasteiger charge is -2.37. The maximum Gasteiger partial charge on any atom is 0.275 e. The Morgan fingerprint density at radius 3 is 2.74 bits per heavy atom. The summed E-state index contributed by atoms with van der Waals surface area (Å²) in [6.45, 7) is 2.22. The van der Waals surface area contributed by atoms with Crippen molar-refractivity contribution in [3.63, 3.8) is 0 Å². The summed E-state index contributed by atoms with van der Waals surface area (Å²) < 4.78 is 58.5. The van der Waals surface area contributed by atoms with Crippen molar-refractivity contribution in [1.29, 1.82) is 0 Å². The molecule has 1 aromatic carbocycles. The molecule has 1 aliphatic rings. The molecule has 0 radical (unpaired) electrons. The maximum absolute atomic E-state index is 15.0. The van der Waals surface area contributed by atoms with Gasteiger partial charge in [0.15, 0.2) is 11.8 Å². The van der Waals surface area contributed by atoms with Gasteiger partial charge in [-0.25, -0.2) is 32.5 Å². The molecule has 1 aliphatic heterocycles. The van der Waals surface area contributed by atoms with E-state index in [9.17, 15) is 22.4 Å². The number of ether oxygens (including phenoxy) is 1. The molecule has 0 fully saturated rings. The van der Waals surface area contributed by atoms with Gasteiger partial charge in [0.05, 0.1) is 12.4 Å². The zero-order chi connectivity index (χ0) is 22.8. The van der Waals surface area contributed by atoms with Crippen LogP contribution in [0.25, 0.3) is 0 Å². The first-order valence-electron chi connectivity index (χ1n) is 9.10. The second kappa shape index (κ2) is 9.08. The van der Waals surface area contributed by atoms with Crippen molar-refractivity contribution < 1.29 is 27.1 Å². The van der Waals surface area contributed by atoms with Gasteiger partial charge in [-0.05, 0) is 32.0 Å². The van der Waals surface area contributed by atoms with E-state index in [0.717, 1.165) is 30.2 Å². The van der Waals surface area contributed by atoms with E-state index >= 15 is 0 Å². The van der Waals surface area contributed by atoms with Crippen LogP contribution in [0.1, 0.15) is 29.9 Å². The Morgan fingerprint density at radius 1 is 1.35 bits per heavy atom. The second-order valence-electron chi connectivity index (χ2n) is 6.91. The topological polar surface area (TPSA) is 102 Å². The lowest BCUT2D eigenvalue weighted by atomic mass is 9.85. The number of rotatable bonds is 6. The highest BCUT2D eigenvalue weighted by molar-refractivity contribution is 8.14. The number of benzene rings is 1. The lowest BCUT2D eigenvalue weighted by Crippen LogP contribution is -2.44. The summed E-state index contributed by atoms with van der Waals surface area (Å²) in [6.07, 6.45) is -2.11. The number of thioether (sulfide) groups is 1. The maximum atomic E-state index is 15.0. The Kier molecular flexibility index (Phi) is 6.68. The number of alkyl halides is 3. The number of anilines is 1. The molecule has 12 heteroatoms. The summed E-state index contributed by atoms with van der Waals surface area (Å²) in [5.41, 5.74) is 4.20. The van der Waals surface area contributed by atoms with Crippen LogP contribution in [-0.2, 0) is 5.54 Å². The number of aliphatic imine (C=N–C) groups is 1. The Labute approximate surface area is 179 Å². The van der Waals surface area contributed by atoms with Crippen LogP contribution in [0.4, 0.5) is 23.2 Å². The van der Waals surface area contributed by atoms with Gasteiger partial charge >= 0.3 is 0 Å². The van der Waals surface area contributed by atoms with E-state index in [1.54, 1.807) is 6.92 Å². The fourth-order valence-electron chi connectivity index (χ4n) is 3.08. The number of amidine groups is 1. The highest BCUT2D eigenvalue weighted by Crippen LogP contribution is 2.42. The first kappa shape index (κ1) is 22.8. The number of nitrogens with two attached hydrogens (primary N) is 1. The first-order chi connectivity index (χ1) is 14.6. The van der Waals surface area contributed by atoms with E-state index in [4.69, 9.17) is 10.5 Å². The summed E-state index contributed by atoms with van der Waals surface area (Å²) in [4.78, 5) is 24.1. The van der Waals surface area contributed by atoms with Crippen LogP contribution in [0.5, 0.6) is 5.88 Å². The minimum Gasteiger partial charge on any atom is -0.470 e. The molecule has 31 heavy (non-hydrogen) atoms. The Hall–Kier alpha value is -2.89. The van der Waals surface area contributed by atoms with Gasteiger partial charge < -0.3 is 15.8 Å². The number of hydrogen-bond acceptors (Lipinski definition) is 7. The zero-order valence-electron chi connectivity index (χ0n) is 16.5. The molecule has 0 unspecified atom stereocenters. The molecule has 3 atom stereocenters. The Balaban J connectivity index is 1.80. The number of nitrogens with zero attached hydrogens (tertiary/aromatic N) is 3. The van der Waals surface area contributed by atoms with Gasteiger partial charge in [-0.3, -0.25) is 4.79 Å². The standard InChI is InChI=1S/C19H19F4N5O2S/c1-9-16(23)19(2,28-18(24)31-9)11-5-10(3-4-12(11)20)27-17(29)13-6-26-15(7-25-13)30-8-14(21)22/h3-7,9,14,16H,8H2,1-2H3,(H2,24,28)(H,27,29)/t9-,16+,19-/m1/s1. The van der Waals surface area contributed by atoms with Crippen molar-refractivity contribution in [2.45, 2.75) is 37.2 Å². The number of carbonyl (C=O) groups excluding carboxylic acids is 1. The molecule has 2 heterocycles. The molecule has 2 aromatic rings. The second-order valence-corrected chi connectivity index (χ2v) is 8.31. The highest BCUT2D eigenvalue weighted by atomic mass is 32.2. The third-order valence-electron chi connectivity index (χ3n) is 4.59. The van der Waals surface area contributed by atoms with Gasteiger partial charge in [-0.2, -0.15) is 0 Å². The molecule has 1 amide bonds. The van der Waals surface area contributed by atoms with Gasteiger partial charge in [0.25, 0.3) is 12.3 Å². The van der Waals surface area contributed by atoms with Crippen LogP contribution in [0.3, 0.4) is 0 Å². The average molecular weight is 457 g/mol. The summed E-state index contributed by atoms with van der Waals surface area (Å²) >= 11 is 1.06. The summed E-state index contributed by atoms with van der Waals surface area (Å²) in [6, 6.07) is 3.68. The third kappa shape index (κ3) is 5.06. The molecule has 0 spiro atoms. The van der Waals surface area contributed by atoms with Crippen LogP contribution in [0.2, 0.25) is 0 Å². The van der Waals surface area contributed by atoms with Gasteiger partial charge in [-0.15, -0.1) is 0 Å². The van der Waals surface area contributed by atoms with Crippen LogP contribution >= 0.6 is 11.8 Å². The molecule has 3 N–H and O–H groups in total. The number of amides is 1. The SMILES string of the molecule is C[C@H]1SC(N)=N[C@](C)(c2cc(NC(=O)c3cnc(OCC(F)F)cn3)ccc2F)[C@H]1F. The molecule has 0 saturated carbocycles. The van der Waals surface area contributed by atoms with Crippen LogP contribution in [0.15, 0.2) is 35.6 Å². The van der Waals surface area contributed by atoms with Crippen molar-refractivity contribution in [3.05, 3.63) is 47.7 Å². The van der Waals surface area contributed by atoms with E-state index in [-0.39, 0.29) is 28.0 Å². The molecule has 166 valence electrons. The molecular weight excluding hydrogens is 438 g/mol. The van der Waals surface area contributed by atoms with E-state index < -0.39 is 41.7 Å². The summed E-state index contributed by atoms with van der Waals surface area (Å²) in [5, 5.41) is 2.11. The van der Waals surface area contributed by atoms with Crippen LogP contribution in [-0.4, -0.2) is 45.5 Å². The minimum atomic E-state index is -2.67. The lowest BCUT2D eigenvalue weighted by molar-refractivity contribution is 0.0792. The monoisotopic (exact) mass is 457 g/mol. The number of hydrogen-bond donors (Lipinski definition) is 2. The third-order valence-corrected chi connectivity index (χ3v) is 5.53. The molecule has 0 aliphatic carbocycles. The quantitative estimate of drug-likeness (QED) is 0.644. The number of nitrogens with one attached hydrogen (secondary N) is 1. The predicted molar refractivity (Wildman–Crippen MR) is 109 cm³/mol. The fourth-order valence-corrected chi connectivity index (χ4v) is 4.08. The number of halogens is 4. The largest absolute Gasteiger partial charge is 0.470 e. The van der Waals surface area contributed by atoms with E-state index in [2.05, 4.69) is 20.3 Å². The molecule has 0 bridgehead atoms. The molecule has 0 saturated heterocycles. The molecule has 3 rings (SSSR count). The van der Waals surface area contributed by atoms with Crippen LogP contribution in [0, 0.1) is 5.82 Å². The highest BCUT2D eigenvalue weighted by Gasteiger charge is 2.45. The van der Waals surface area contributed by atoms with Crippen molar-refractivity contribution >= 4 is 28.5 Å². The smallest absolute Gasteiger partial charge is 0.275 e. The molecule has 7 nitrogen and oxygen atoms in total. The van der Waals surface area contributed by atoms with Crippen LogP contribution < -0.4 is 15.8 Å². The van der Waals surface area contributed by atoms with E-state index in [1.165, 1.54) is 19.1 Å². The fraction of sp³-hybridized carbons (Fsp3) is 0.368. The normalized spacial score (nSPS) is 23.4. The average Bonchev–Trinajstić information content (AvgIpc) is 2.72. The summed E-state index contributed by atoms with van der Waals surface area (Å²) in [5.74, 6) is -1.55. The van der Waals surface area contributed by atoms with Crippen molar-refractivity contribution in [1.82, 2.24) is 9.97 Å². The van der Waals surface area contributed by atoms with Gasteiger partial charge in [0.1, 0.15) is 23.2 Å². The van der Waals surface area contributed by atoms with Crippen molar-refractivity contribution in [2.24, 2.45) is 10.7 Å². The summed E-state index contributed by atoms with van der Waals surface area (Å²) in [7, 11) is 0. The van der Waals surface area contributed by atoms with Gasteiger partial charge in [0.2, 0.25) is 5.88 Å². The Morgan fingerprint density at radius 2 is 2.10 bits per heavy atom. The van der Waals surface area contributed by atoms with Crippen molar-refractivity contribution in [3.8, 4) is 5.88 Å². The van der Waals surface area contributed by atoms with Gasteiger partial charge in [0, 0.05) is 16.5 Å². The van der Waals surface area contributed by atoms with E-state index in [1.807, 2.05) is 0 Å². The number of aromatic nitrogens is 2. The van der Waals surface area contributed by atoms with Gasteiger partial charge in [-0.1, -0.05) is 11.8 Å². The first-order valence-corrected chi connectivity index (χ1v) is 9.98. The number of carbonyl (C=O) groups is 1. The van der Waals surface area contributed by atoms with Crippen molar-refractivity contribution in [2.75, 3.05) is 11.9 Å². The van der Waals surface area contributed by atoms with E-state index in [0.29, 0.717) is 0 Å². The minimum absolute atomic E-state index is 0.0604. The molecular formula is C19H19F4N5O2S. The zero-order valence-corrected chi connectivity index (χ0v) is 17.3. The predicted octanol–water partition coefficient (Wildman–Crippen LogP) is 3.52. The molecule has 1 aromatic heterocycles.